The smallest absolute Gasteiger partial charge is 0.221 e. The van der Waals surface area contributed by atoms with E-state index in [1.807, 2.05) is 0 Å². The largest absolute Gasteiger partial charge is 0.461 e. The van der Waals surface area contributed by atoms with Crippen molar-refractivity contribution in [2.24, 2.45) is 0 Å². The number of carbonyl (C=O) groups excluding carboxylic acids is 1. The van der Waals surface area contributed by atoms with Gasteiger partial charge in [0.25, 0.3) is 0 Å². The molecule has 86 valence electrons. The van der Waals surface area contributed by atoms with Crippen LogP contribution >= 0.6 is 23.2 Å². The van der Waals surface area contributed by atoms with Crippen LogP contribution in [0, 0.1) is 0 Å². The Morgan fingerprint density at radius 1 is 1.24 bits per heavy atom. The molecule has 0 atom stereocenters. The number of rotatable bonds is 3. The Bertz CT molecular complexity index is 557. The number of carbonyl (C=O) groups is 1. The highest BCUT2D eigenvalue weighted by molar-refractivity contribution is 6.35. The van der Waals surface area contributed by atoms with Gasteiger partial charge in [0.2, 0.25) is 5.78 Å². The van der Waals surface area contributed by atoms with E-state index < -0.39 is 0 Å². The minimum absolute atomic E-state index is 0.207. The summed E-state index contributed by atoms with van der Waals surface area (Å²) in [4.78, 5) is 11.6. The molecule has 0 radical (unpaired) electrons. The fourth-order valence-corrected chi connectivity index (χ4v) is 1.77. The number of halogens is 2. The standard InChI is InChI=1S/C13H8Cl2O2/c14-10-5-3-9(11(15)8-10)4-6-12(16)13-2-1-7-17-13/h1-8H/b6-4+. The van der Waals surface area contributed by atoms with Crippen molar-refractivity contribution in [2.45, 2.75) is 0 Å². The van der Waals surface area contributed by atoms with Gasteiger partial charge in [-0.1, -0.05) is 29.3 Å². The topological polar surface area (TPSA) is 30.2 Å². The minimum atomic E-state index is -0.207. The van der Waals surface area contributed by atoms with Crippen LogP contribution in [0.25, 0.3) is 6.08 Å². The third kappa shape index (κ3) is 2.99. The summed E-state index contributed by atoms with van der Waals surface area (Å²) >= 11 is 11.7. The summed E-state index contributed by atoms with van der Waals surface area (Å²) in [6.07, 6.45) is 4.49. The van der Waals surface area contributed by atoms with Crippen LogP contribution in [-0.4, -0.2) is 5.78 Å². The van der Waals surface area contributed by atoms with Crippen LogP contribution in [0.3, 0.4) is 0 Å². The molecule has 0 spiro atoms. The van der Waals surface area contributed by atoms with E-state index in [2.05, 4.69) is 0 Å². The van der Waals surface area contributed by atoms with Crippen LogP contribution in [-0.2, 0) is 0 Å². The molecule has 1 heterocycles. The maximum absolute atomic E-state index is 11.6. The van der Waals surface area contributed by atoms with Gasteiger partial charge in [0.05, 0.1) is 6.26 Å². The van der Waals surface area contributed by atoms with E-state index in [0.717, 1.165) is 5.56 Å². The quantitative estimate of drug-likeness (QED) is 0.606. The molecule has 1 aromatic heterocycles. The molecule has 4 heteroatoms. The highest BCUT2D eigenvalue weighted by atomic mass is 35.5. The van der Waals surface area contributed by atoms with Crippen molar-refractivity contribution in [3.8, 4) is 0 Å². The van der Waals surface area contributed by atoms with Gasteiger partial charge in [-0.2, -0.15) is 0 Å². The van der Waals surface area contributed by atoms with Crippen molar-refractivity contribution in [2.75, 3.05) is 0 Å². The molecule has 0 unspecified atom stereocenters. The average molecular weight is 267 g/mol. The monoisotopic (exact) mass is 266 g/mol. The second-order valence-electron chi connectivity index (χ2n) is 3.34. The Balaban J connectivity index is 2.18. The van der Waals surface area contributed by atoms with E-state index in [1.54, 1.807) is 36.4 Å². The summed E-state index contributed by atoms with van der Waals surface area (Å²) in [7, 11) is 0. The molecular formula is C13H8Cl2O2. The predicted molar refractivity (Wildman–Crippen MR) is 68.5 cm³/mol. The molecule has 0 bridgehead atoms. The summed E-state index contributed by atoms with van der Waals surface area (Å²) in [5.74, 6) is 0.0901. The molecule has 17 heavy (non-hydrogen) atoms. The van der Waals surface area contributed by atoms with E-state index in [4.69, 9.17) is 27.6 Å². The van der Waals surface area contributed by atoms with Gasteiger partial charge in [0, 0.05) is 10.0 Å². The van der Waals surface area contributed by atoms with E-state index in [-0.39, 0.29) is 5.78 Å². The molecular weight excluding hydrogens is 259 g/mol. The lowest BCUT2D eigenvalue weighted by Gasteiger charge is -1.97. The molecule has 2 aromatic rings. The van der Waals surface area contributed by atoms with Crippen LogP contribution in [0.2, 0.25) is 10.0 Å². The molecule has 0 aliphatic rings. The summed E-state index contributed by atoms with van der Waals surface area (Å²) in [5, 5.41) is 1.06. The van der Waals surface area contributed by atoms with Crippen molar-refractivity contribution < 1.29 is 9.21 Å². The second kappa shape index (κ2) is 5.21. The highest BCUT2D eigenvalue weighted by Gasteiger charge is 2.04. The molecule has 2 rings (SSSR count). The molecule has 0 amide bonds. The molecule has 0 aliphatic carbocycles. The van der Waals surface area contributed by atoms with Crippen LogP contribution in [0.15, 0.2) is 47.1 Å². The van der Waals surface area contributed by atoms with Crippen LogP contribution in [0.4, 0.5) is 0 Å². The maximum Gasteiger partial charge on any atom is 0.221 e. The zero-order valence-electron chi connectivity index (χ0n) is 8.69. The van der Waals surface area contributed by atoms with Gasteiger partial charge in [-0.3, -0.25) is 4.79 Å². The van der Waals surface area contributed by atoms with Gasteiger partial charge in [-0.05, 0) is 42.0 Å². The zero-order valence-corrected chi connectivity index (χ0v) is 10.2. The van der Waals surface area contributed by atoms with Crippen LogP contribution in [0.5, 0.6) is 0 Å². The van der Waals surface area contributed by atoms with Gasteiger partial charge >= 0.3 is 0 Å². The van der Waals surface area contributed by atoms with E-state index in [9.17, 15) is 4.79 Å². The Morgan fingerprint density at radius 3 is 2.71 bits per heavy atom. The number of allylic oxidation sites excluding steroid dienone is 1. The summed E-state index contributed by atoms with van der Waals surface area (Å²) in [5.41, 5.74) is 0.732. The van der Waals surface area contributed by atoms with Gasteiger partial charge < -0.3 is 4.42 Å². The fourth-order valence-electron chi connectivity index (χ4n) is 1.30. The average Bonchev–Trinajstić information content (AvgIpc) is 2.81. The minimum Gasteiger partial charge on any atom is -0.461 e. The van der Waals surface area contributed by atoms with E-state index in [1.165, 1.54) is 12.3 Å². The summed E-state index contributed by atoms with van der Waals surface area (Å²) < 4.78 is 4.98. The molecule has 2 nitrogen and oxygen atoms in total. The first kappa shape index (κ1) is 12.0. The van der Waals surface area contributed by atoms with Crippen molar-refractivity contribution >= 4 is 35.1 Å². The highest BCUT2D eigenvalue weighted by Crippen LogP contribution is 2.22. The fraction of sp³-hybridized carbons (Fsp3) is 0. The molecule has 0 aliphatic heterocycles. The lowest BCUT2D eigenvalue weighted by atomic mass is 10.2. The molecule has 1 aromatic carbocycles. The molecule has 0 saturated carbocycles. The van der Waals surface area contributed by atoms with Crippen molar-refractivity contribution in [1.82, 2.24) is 0 Å². The lowest BCUT2D eigenvalue weighted by Crippen LogP contribution is -1.90. The SMILES string of the molecule is O=C(/C=C/c1ccc(Cl)cc1Cl)c1ccco1. The van der Waals surface area contributed by atoms with E-state index in [0.29, 0.717) is 15.8 Å². The third-order valence-electron chi connectivity index (χ3n) is 2.14. The number of hydrogen-bond acceptors (Lipinski definition) is 2. The first-order valence-electron chi connectivity index (χ1n) is 4.88. The van der Waals surface area contributed by atoms with Gasteiger partial charge in [0.1, 0.15) is 0 Å². The zero-order chi connectivity index (χ0) is 12.3. The first-order chi connectivity index (χ1) is 8.16. The van der Waals surface area contributed by atoms with Crippen molar-refractivity contribution in [3.05, 3.63) is 64.0 Å². The summed E-state index contributed by atoms with van der Waals surface area (Å²) in [6.45, 7) is 0. The summed E-state index contributed by atoms with van der Waals surface area (Å²) in [6, 6.07) is 8.35. The predicted octanol–water partition coefficient (Wildman–Crippen LogP) is 4.48. The molecule has 0 N–H and O–H groups in total. The van der Waals surface area contributed by atoms with Crippen LogP contribution in [0.1, 0.15) is 16.1 Å². The Kier molecular flexibility index (Phi) is 3.67. The van der Waals surface area contributed by atoms with Gasteiger partial charge in [0.15, 0.2) is 5.76 Å². The third-order valence-corrected chi connectivity index (χ3v) is 2.70. The number of benzene rings is 1. The second-order valence-corrected chi connectivity index (χ2v) is 4.18. The Hall–Kier alpha value is -1.51. The first-order valence-corrected chi connectivity index (χ1v) is 5.63. The van der Waals surface area contributed by atoms with Crippen LogP contribution < -0.4 is 0 Å². The molecule has 0 saturated heterocycles. The van der Waals surface area contributed by atoms with E-state index >= 15 is 0 Å². The number of furan rings is 1. The van der Waals surface area contributed by atoms with Crippen molar-refractivity contribution in [1.29, 1.82) is 0 Å². The maximum atomic E-state index is 11.6. The Labute approximate surface area is 108 Å². The normalized spacial score (nSPS) is 10.9. The van der Waals surface area contributed by atoms with Gasteiger partial charge in [-0.15, -0.1) is 0 Å². The van der Waals surface area contributed by atoms with Crippen molar-refractivity contribution in [3.63, 3.8) is 0 Å². The van der Waals surface area contributed by atoms with Gasteiger partial charge in [-0.25, -0.2) is 0 Å². The Morgan fingerprint density at radius 2 is 2.06 bits per heavy atom. The molecule has 0 fully saturated rings. The number of ketones is 1. The lowest BCUT2D eigenvalue weighted by molar-refractivity contribution is 0.102. The number of hydrogen-bond donors (Lipinski definition) is 0.